The summed E-state index contributed by atoms with van der Waals surface area (Å²) < 4.78 is 26.4. The molecule has 0 spiro atoms. The fourth-order valence-electron chi connectivity index (χ4n) is 1.74. The second-order valence-corrected chi connectivity index (χ2v) is 3.91. The van der Waals surface area contributed by atoms with E-state index in [2.05, 4.69) is 5.32 Å². The Morgan fingerprint density at radius 3 is 2.39 bits per heavy atom. The molecule has 4 heteroatoms. The SMILES string of the molecule is OCC(Nc1ccccc1)c1ccc(F)cc1F. The minimum atomic E-state index is -0.669. The number of nitrogens with one attached hydrogen (secondary N) is 1. The first kappa shape index (κ1) is 12.5. The van der Waals surface area contributed by atoms with Crippen molar-refractivity contribution in [3.63, 3.8) is 0 Å². The molecule has 0 fully saturated rings. The van der Waals surface area contributed by atoms with Crippen molar-refractivity contribution in [1.29, 1.82) is 0 Å². The van der Waals surface area contributed by atoms with Crippen LogP contribution in [-0.2, 0) is 0 Å². The lowest BCUT2D eigenvalue weighted by Gasteiger charge is -2.18. The van der Waals surface area contributed by atoms with Crippen LogP contribution in [0.15, 0.2) is 48.5 Å². The maximum absolute atomic E-state index is 13.6. The molecule has 0 aliphatic rings. The second-order valence-electron chi connectivity index (χ2n) is 3.91. The highest BCUT2D eigenvalue weighted by Crippen LogP contribution is 2.22. The van der Waals surface area contributed by atoms with E-state index < -0.39 is 17.7 Å². The zero-order valence-corrected chi connectivity index (χ0v) is 9.61. The van der Waals surface area contributed by atoms with E-state index in [4.69, 9.17) is 0 Å². The van der Waals surface area contributed by atoms with Gasteiger partial charge in [-0.2, -0.15) is 0 Å². The van der Waals surface area contributed by atoms with Gasteiger partial charge in [0.15, 0.2) is 0 Å². The normalized spacial score (nSPS) is 12.2. The smallest absolute Gasteiger partial charge is 0.131 e. The van der Waals surface area contributed by atoms with Gasteiger partial charge in [0.25, 0.3) is 0 Å². The van der Waals surface area contributed by atoms with Gasteiger partial charge in [0.05, 0.1) is 12.6 Å². The highest BCUT2D eigenvalue weighted by molar-refractivity contribution is 5.45. The Labute approximate surface area is 104 Å². The van der Waals surface area contributed by atoms with E-state index in [-0.39, 0.29) is 12.2 Å². The van der Waals surface area contributed by atoms with Gasteiger partial charge in [0.2, 0.25) is 0 Å². The van der Waals surface area contributed by atoms with Crippen LogP contribution in [0.25, 0.3) is 0 Å². The van der Waals surface area contributed by atoms with Crippen LogP contribution >= 0.6 is 0 Å². The van der Waals surface area contributed by atoms with Gasteiger partial charge in [-0.15, -0.1) is 0 Å². The molecule has 0 radical (unpaired) electrons. The summed E-state index contributed by atoms with van der Waals surface area (Å²) in [4.78, 5) is 0. The van der Waals surface area contributed by atoms with Gasteiger partial charge in [0, 0.05) is 17.3 Å². The van der Waals surface area contributed by atoms with Crippen LogP contribution in [0.2, 0.25) is 0 Å². The number of hydrogen-bond donors (Lipinski definition) is 2. The molecule has 18 heavy (non-hydrogen) atoms. The molecular formula is C14H13F2NO. The first-order valence-corrected chi connectivity index (χ1v) is 5.58. The highest BCUT2D eigenvalue weighted by Gasteiger charge is 2.15. The third-order valence-electron chi connectivity index (χ3n) is 2.64. The van der Waals surface area contributed by atoms with Crippen LogP contribution in [0.5, 0.6) is 0 Å². The summed E-state index contributed by atoms with van der Waals surface area (Å²) in [6, 6.07) is 11.9. The zero-order valence-electron chi connectivity index (χ0n) is 9.61. The number of halogens is 2. The minimum absolute atomic E-state index is 0.239. The minimum Gasteiger partial charge on any atom is -0.394 e. The summed E-state index contributed by atoms with van der Waals surface area (Å²) in [6.45, 7) is -0.280. The molecule has 2 aromatic rings. The average molecular weight is 249 g/mol. The molecule has 0 aliphatic carbocycles. The molecule has 1 atom stereocenters. The van der Waals surface area contributed by atoms with Crippen LogP contribution in [0.3, 0.4) is 0 Å². The Morgan fingerprint density at radius 1 is 1.06 bits per heavy atom. The van der Waals surface area contributed by atoms with Crippen molar-refractivity contribution in [2.75, 3.05) is 11.9 Å². The van der Waals surface area contributed by atoms with E-state index in [1.54, 1.807) is 0 Å². The Hall–Kier alpha value is -1.94. The van der Waals surface area contributed by atoms with Gasteiger partial charge in [-0.05, 0) is 18.2 Å². The molecule has 2 aromatic carbocycles. The van der Waals surface area contributed by atoms with Gasteiger partial charge in [-0.1, -0.05) is 24.3 Å². The largest absolute Gasteiger partial charge is 0.394 e. The standard InChI is InChI=1S/C14H13F2NO/c15-10-6-7-12(13(16)8-10)14(9-18)17-11-4-2-1-3-5-11/h1-8,14,17-18H,9H2. The fraction of sp³-hybridized carbons (Fsp3) is 0.143. The molecule has 0 aliphatic heterocycles. The molecule has 0 saturated carbocycles. The molecule has 1 unspecified atom stereocenters. The molecule has 94 valence electrons. The van der Waals surface area contributed by atoms with Crippen molar-refractivity contribution < 1.29 is 13.9 Å². The van der Waals surface area contributed by atoms with Crippen molar-refractivity contribution in [1.82, 2.24) is 0 Å². The summed E-state index contributed by atoms with van der Waals surface area (Å²) in [5.74, 6) is -1.30. The molecule has 0 heterocycles. The first-order valence-electron chi connectivity index (χ1n) is 5.58. The lowest BCUT2D eigenvalue weighted by atomic mass is 10.1. The van der Waals surface area contributed by atoms with Gasteiger partial charge < -0.3 is 10.4 Å². The molecular weight excluding hydrogens is 236 g/mol. The first-order chi connectivity index (χ1) is 8.70. The number of aliphatic hydroxyl groups excluding tert-OH is 1. The predicted octanol–water partition coefficient (Wildman–Crippen LogP) is 3.11. The molecule has 2 N–H and O–H groups in total. The van der Waals surface area contributed by atoms with E-state index in [1.165, 1.54) is 12.1 Å². The summed E-state index contributed by atoms with van der Waals surface area (Å²) in [7, 11) is 0. The van der Waals surface area contributed by atoms with E-state index in [0.29, 0.717) is 0 Å². The molecule has 2 nitrogen and oxygen atoms in total. The number of hydrogen-bond acceptors (Lipinski definition) is 2. The highest BCUT2D eigenvalue weighted by atomic mass is 19.1. The van der Waals surface area contributed by atoms with E-state index in [9.17, 15) is 13.9 Å². The molecule has 0 saturated heterocycles. The van der Waals surface area contributed by atoms with Crippen LogP contribution < -0.4 is 5.32 Å². The summed E-state index contributed by atoms with van der Waals surface area (Å²) in [5.41, 5.74) is 1.00. The number of benzene rings is 2. The van der Waals surface area contributed by atoms with Crippen LogP contribution in [0.1, 0.15) is 11.6 Å². The third-order valence-corrected chi connectivity index (χ3v) is 2.64. The van der Waals surface area contributed by atoms with Gasteiger partial charge in [-0.25, -0.2) is 8.78 Å². The zero-order chi connectivity index (χ0) is 13.0. The number of para-hydroxylation sites is 1. The lowest BCUT2D eigenvalue weighted by Crippen LogP contribution is -2.16. The van der Waals surface area contributed by atoms with Gasteiger partial charge >= 0.3 is 0 Å². The summed E-state index contributed by atoms with van der Waals surface area (Å²) in [5, 5.41) is 12.3. The van der Waals surface area contributed by atoms with Crippen molar-refractivity contribution >= 4 is 5.69 Å². The van der Waals surface area contributed by atoms with Crippen molar-refractivity contribution in [2.24, 2.45) is 0 Å². The molecule has 0 aromatic heterocycles. The molecule has 0 amide bonds. The van der Waals surface area contributed by atoms with Crippen molar-refractivity contribution in [3.05, 3.63) is 65.7 Å². The lowest BCUT2D eigenvalue weighted by molar-refractivity contribution is 0.273. The maximum Gasteiger partial charge on any atom is 0.131 e. The maximum atomic E-state index is 13.6. The van der Waals surface area contributed by atoms with E-state index in [0.717, 1.165) is 11.8 Å². The molecule has 2 rings (SSSR count). The predicted molar refractivity (Wildman–Crippen MR) is 66.2 cm³/mol. The Kier molecular flexibility index (Phi) is 3.89. The number of rotatable bonds is 4. The van der Waals surface area contributed by atoms with Crippen LogP contribution in [0, 0.1) is 11.6 Å². The number of anilines is 1. The van der Waals surface area contributed by atoms with Gasteiger partial charge in [0.1, 0.15) is 11.6 Å². The summed E-state index contributed by atoms with van der Waals surface area (Å²) >= 11 is 0. The van der Waals surface area contributed by atoms with E-state index >= 15 is 0 Å². The monoisotopic (exact) mass is 249 g/mol. The van der Waals surface area contributed by atoms with Crippen LogP contribution in [-0.4, -0.2) is 11.7 Å². The van der Waals surface area contributed by atoms with Crippen molar-refractivity contribution in [3.8, 4) is 0 Å². The third kappa shape index (κ3) is 2.84. The van der Waals surface area contributed by atoms with Crippen LogP contribution in [0.4, 0.5) is 14.5 Å². The number of aliphatic hydroxyl groups is 1. The Morgan fingerprint density at radius 2 is 1.78 bits per heavy atom. The average Bonchev–Trinajstić information content (AvgIpc) is 2.38. The topological polar surface area (TPSA) is 32.3 Å². The van der Waals surface area contributed by atoms with Crippen molar-refractivity contribution in [2.45, 2.75) is 6.04 Å². The Bertz CT molecular complexity index is 516. The summed E-state index contributed by atoms with van der Waals surface area (Å²) in [6.07, 6.45) is 0. The Balaban J connectivity index is 2.23. The fourth-order valence-corrected chi connectivity index (χ4v) is 1.74. The van der Waals surface area contributed by atoms with Gasteiger partial charge in [-0.3, -0.25) is 0 Å². The second kappa shape index (κ2) is 5.60. The quantitative estimate of drug-likeness (QED) is 0.872. The molecule has 0 bridgehead atoms. The van der Waals surface area contributed by atoms with E-state index in [1.807, 2.05) is 30.3 Å².